The predicted molar refractivity (Wildman–Crippen MR) is 71.8 cm³/mol. The highest BCUT2D eigenvalue weighted by molar-refractivity contribution is 5.70. The number of hydrogen-bond donors (Lipinski definition) is 1. The highest BCUT2D eigenvalue weighted by Gasteiger charge is 2.01. The van der Waals surface area contributed by atoms with Crippen LogP contribution in [0.2, 0.25) is 0 Å². The number of rotatable bonds is 6. The molecule has 1 aromatic carbocycles. The van der Waals surface area contributed by atoms with Crippen molar-refractivity contribution in [2.45, 2.75) is 13.0 Å². The lowest BCUT2D eigenvalue weighted by Crippen LogP contribution is -2.24. The summed E-state index contributed by atoms with van der Waals surface area (Å²) >= 11 is 0. The molecule has 104 valence electrons. The number of nitrogens with zero attached hydrogens (tertiary/aromatic N) is 2. The quantitative estimate of drug-likeness (QED) is 0.848. The standard InChI is InChI=1S/C14H14N2O4/c17-13(18)10-11-2-4-12(5-3-11)20-9-8-16-7-1-6-15-14(16)19/h1-7H,8-10H2,(H,17,18). The third kappa shape index (κ3) is 3.94. The maximum Gasteiger partial charge on any atom is 0.347 e. The van der Waals surface area contributed by atoms with Crippen molar-refractivity contribution in [3.05, 3.63) is 58.8 Å². The van der Waals surface area contributed by atoms with E-state index in [0.717, 1.165) is 0 Å². The zero-order valence-corrected chi connectivity index (χ0v) is 10.7. The fourth-order valence-corrected chi connectivity index (χ4v) is 1.70. The van der Waals surface area contributed by atoms with Crippen molar-refractivity contribution in [3.63, 3.8) is 0 Å². The van der Waals surface area contributed by atoms with Crippen molar-refractivity contribution in [1.82, 2.24) is 9.55 Å². The van der Waals surface area contributed by atoms with Crippen molar-refractivity contribution in [2.75, 3.05) is 6.61 Å². The van der Waals surface area contributed by atoms with Crippen molar-refractivity contribution >= 4 is 5.97 Å². The number of ether oxygens (including phenoxy) is 1. The van der Waals surface area contributed by atoms with E-state index in [0.29, 0.717) is 24.5 Å². The molecule has 6 heteroatoms. The summed E-state index contributed by atoms with van der Waals surface area (Å²) in [5.74, 6) is -0.231. The Morgan fingerprint density at radius 3 is 2.70 bits per heavy atom. The summed E-state index contributed by atoms with van der Waals surface area (Å²) < 4.78 is 6.95. The first-order chi connectivity index (χ1) is 9.65. The third-order valence-electron chi connectivity index (χ3n) is 2.66. The Kier molecular flexibility index (Phi) is 4.49. The van der Waals surface area contributed by atoms with Crippen LogP contribution in [0.3, 0.4) is 0 Å². The fourth-order valence-electron chi connectivity index (χ4n) is 1.70. The van der Waals surface area contributed by atoms with Gasteiger partial charge in [-0.25, -0.2) is 9.78 Å². The second kappa shape index (κ2) is 6.51. The van der Waals surface area contributed by atoms with Gasteiger partial charge in [0.1, 0.15) is 12.4 Å². The van der Waals surface area contributed by atoms with Crippen LogP contribution in [0.1, 0.15) is 5.56 Å². The molecule has 0 aliphatic rings. The minimum Gasteiger partial charge on any atom is -0.492 e. The summed E-state index contributed by atoms with van der Waals surface area (Å²) in [4.78, 5) is 25.5. The van der Waals surface area contributed by atoms with E-state index in [1.165, 1.54) is 10.8 Å². The SMILES string of the molecule is O=C(O)Cc1ccc(OCCn2cccnc2=O)cc1. The average molecular weight is 274 g/mol. The molecule has 1 heterocycles. The Morgan fingerprint density at radius 1 is 1.30 bits per heavy atom. The fraction of sp³-hybridized carbons (Fsp3) is 0.214. The summed E-state index contributed by atoms with van der Waals surface area (Å²) in [7, 11) is 0. The Morgan fingerprint density at radius 2 is 2.05 bits per heavy atom. The van der Waals surface area contributed by atoms with Crippen LogP contribution in [-0.4, -0.2) is 27.2 Å². The van der Waals surface area contributed by atoms with Crippen LogP contribution < -0.4 is 10.4 Å². The van der Waals surface area contributed by atoms with E-state index >= 15 is 0 Å². The van der Waals surface area contributed by atoms with Gasteiger partial charge in [-0.15, -0.1) is 0 Å². The minimum atomic E-state index is -0.866. The number of benzene rings is 1. The molecular weight excluding hydrogens is 260 g/mol. The summed E-state index contributed by atoms with van der Waals surface area (Å²) in [5, 5.41) is 8.66. The lowest BCUT2D eigenvalue weighted by molar-refractivity contribution is -0.136. The van der Waals surface area contributed by atoms with Crippen LogP contribution >= 0.6 is 0 Å². The molecule has 2 aromatic rings. The molecule has 0 bridgehead atoms. The molecule has 0 atom stereocenters. The van der Waals surface area contributed by atoms with Gasteiger partial charge in [0.25, 0.3) is 0 Å². The zero-order chi connectivity index (χ0) is 14.4. The number of carboxylic acids is 1. The number of carbonyl (C=O) groups is 1. The van der Waals surface area contributed by atoms with Crippen LogP contribution in [0.15, 0.2) is 47.5 Å². The average Bonchev–Trinajstić information content (AvgIpc) is 2.42. The van der Waals surface area contributed by atoms with E-state index in [1.54, 1.807) is 36.5 Å². The first-order valence-electron chi connectivity index (χ1n) is 6.10. The molecule has 0 saturated carbocycles. The molecule has 0 aliphatic carbocycles. The van der Waals surface area contributed by atoms with Gasteiger partial charge < -0.3 is 9.84 Å². The second-order valence-electron chi connectivity index (χ2n) is 4.16. The number of aromatic nitrogens is 2. The Bertz CT molecular complexity index is 634. The molecule has 20 heavy (non-hydrogen) atoms. The van der Waals surface area contributed by atoms with Crippen LogP contribution in [0.25, 0.3) is 0 Å². The van der Waals surface area contributed by atoms with Gasteiger partial charge in [-0.1, -0.05) is 12.1 Å². The molecule has 2 rings (SSSR count). The molecule has 0 spiro atoms. The third-order valence-corrected chi connectivity index (χ3v) is 2.66. The van der Waals surface area contributed by atoms with Crippen LogP contribution in [0.4, 0.5) is 0 Å². The molecule has 0 aliphatic heterocycles. The normalized spacial score (nSPS) is 10.2. The highest BCUT2D eigenvalue weighted by Crippen LogP contribution is 2.12. The molecule has 6 nitrogen and oxygen atoms in total. The molecule has 1 aromatic heterocycles. The molecule has 0 radical (unpaired) electrons. The number of carboxylic acid groups (broad SMARTS) is 1. The second-order valence-corrected chi connectivity index (χ2v) is 4.16. The van der Waals surface area contributed by atoms with Gasteiger partial charge in [0.05, 0.1) is 13.0 Å². The number of hydrogen-bond acceptors (Lipinski definition) is 4. The van der Waals surface area contributed by atoms with Crippen molar-refractivity contribution in [2.24, 2.45) is 0 Å². The van der Waals surface area contributed by atoms with Crippen LogP contribution in [0, 0.1) is 0 Å². The first-order valence-corrected chi connectivity index (χ1v) is 6.10. The topological polar surface area (TPSA) is 81.4 Å². The Balaban J connectivity index is 1.87. The lowest BCUT2D eigenvalue weighted by Gasteiger charge is -2.08. The van der Waals surface area contributed by atoms with Crippen molar-refractivity contribution in [1.29, 1.82) is 0 Å². The van der Waals surface area contributed by atoms with Gasteiger partial charge >= 0.3 is 11.7 Å². The van der Waals surface area contributed by atoms with Crippen molar-refractivity contribution < 1.29 is 14.6 Å². The largest absolute Gasteiger partial charge is 0.492 e. The highest BCUT2D eigenvalue weighted by atomic mass is 16.5. The van der Waals surface area contributed by atoms with Crippen LogP contribution in [0.5, 0.6) is 5.75 Å². The molecule has 0 fully saturated rings. The summed E-state index contributed by atoms with van der Waals surface area (Å²) in [5.41, 5.74) is 0.404. The van der Waals surface area contributed by atoms with E-state index in [1.807, 2.05) is 0 Å². The van der Waals surface area contributed by atoms with Crippen molar-refractivity contribution in [3.8, 4) is 5.75 Å². The monoisotopic (exact) mass is 274 g/mol. The number of aliphatic carboxylic acids is 1. The van der Waals surface area contributed by atoms with Gasteiger partial charge in [-0.05, 0) is 23.8 Å². The summed E-state index contributed by atoms with van der Waals surface area (Å²) in [6, 6.07) is 8.52. The van der Waals surface area contributed by atoms with E-state index in [-0.39, 0.29) is 12.1 Å². The Labute approximate surface area is 115 Å². The van der Waals surface area contributed by atoms with Gasteiger partial charge in [-0.3, -0.25) is 9.36 Å². The van der Waals surface area contributed by atoms with Gasteiger partial charge in [0.15, 0.2) is 0 Å². The molecule has 1 N–H and O–H groups in total. The van der Waals surface area contributed by atoms with E-state index in [9.17, 15) is 9.59 Å². The smallest absolute Gasteiger partial charge is 0.347 e. The summed E-state index contributed by atoms with van der Waals surface area (Å²) in [6.07, 6.45) is 3.08. The van der Waals surface area contributed by atoms with E-state index in [4.69, 9.17) is 9.84 Å². The maximum atomic E-state index is 11.3. The molecular formula is C14H14N2O4. The van der Waals surface area contributed by atoms with E-state index in [2.05, 4.69) is 4.98 Å². The van der Waals surface area contributed by atoms with Gasteiger partial charge in [0, 0.05) is 12.4 Å². The molecule has 0 amide bonds. The molecule has 0 saturated heterocycles. The maximum absolute atomic E-state index is 11.3. The molecule has 0 unspecified atom stereocenters. The van der Waals surface area contributed by atoms with Gasteiger partial charge in [0.2, 0.25) is 0 Å². The first kappa shape index (κ1) is 13.8. The predicted octanol–water partition coefficient (Wildman–Crippen LogP) is 0.949. The van der Waals surface area contributed by atoms with Gasteiger partial charge in [-0.2, -0.15) is 0 Å². The summed E-state index contributed by atoms with van der Waals surface area (Å²) in [6.45, 7) is 0.743. The zero-order valence-electron chi connectivity index (χ0n) is 10.7. The van der Waals surface area contributed by atoms with E-state index < -0.39 is 5.97 Å². The van der Waals surface area contributed by atoms with Crippen LogP contribution in [-0.2, 0) is 17.8 Å². The minimum absolute atomic E-state index is 0.00857. The Hall–Kier alpha value is -2.63. The lowest BCUT2D eigenvalue weighted by atomic mass is 10.1.